The van der Waals surface area contributed by atoms with Crippen molar-refractivity contribution in [1.29, 1.82) is 0 Å². The lowest BCUT2D eigenvalue weighted by atomic mass is 9.53. The number of rotatable bonds is 2. The zero-order valence-electron chi connectivity index (χ0n) is 14.0. The SMILES string of the molecule is OC1CCC(C2CCC(c3ccccc3)CC2)CC12CCC2O. The Kier molecular flexibility index (Phi) is 4.23. The average molecular weight is 314 g/mol. The van der Waals surface area contributed by atoms with Gasteiger partial charge in [-0.1, -0.05) is 30.3 Å². The van der Waals surface area contributed by atoms with Crippen LogP contribution in [0.4, 0.5) is 0 Å². The predicted molar refractivity (Wildman–Crippen MR) is 92.2 cm³/mol. The zero-order valence-corrected chi connectivity index (χ0v) is 14.0. The van der Waals surface area contributed by atoms with Crippen LogP contribution in [0.1, 0.15) is 69.3 Å². The van der Waals surface area contributed by atoms with E-state index < -0.39 is 0 Å². The van der Waals surface area contributed by atoms with E-state index >= 15 is 0 Å². The number of aliphatic hydroxyl groups is 2. The maximum absolute atomic E-state index is 10.4. The topological polar surface area (TPSA) is 40.5 Å². The van der Waals surface area contributed by atoms with Gasteiger partial charge in [-0.3, -0.25) is 0 Å². The van der Waals surface area contributed by atoms with Gasteiger partial charge in [0.05, 0.1) is 12.2 Å². The summed E-state index contributed by atoms with van der Waals surface area (Å²) in [6.45, 7) is 0. The van der Waals surface area contributed by atoms with Gasteiger partial charge in [0.2, 0.25) is 0 Å². The second kappa shape index (κ2) is 6.22. The summed E-state index contributed by atoms with van der Waals surface area (Å²) in [7, 11) is 0. The van der Waals surface area contributed by atoms with Crippen molar-refractivity contribution in [1.82, 2.24) is 0 Å². The van der Waals surface area contributed by atoms with Gasteiger partial charge in [0, 0.05) is 5.41 Å². The van der Waals surface area contributed by atoms with E-state index in [9.17, 15) is 10.2 Å². The second-order valence-electron chi connectivity index (χ2n) is 8.37. The molecule has 0 radical (unpaired) electrons. The normalized spacial score (nSPS) is 44.0. The Morgan fingerprint density at radius 2 is 1.39 bits per heavy atom. The third-order valence-electron chi connectivity index (χ3n) is 7.37. The number of benzene rings is 1. The first-order chi connectivity index (χ1) is 11.2. The summed E-state index contributed by atoms with van der Waals surface area (Å²) >= 11 is 0. The standard InChI is InChI=1S/C21H30O2/c22-19-11-10-18(14-21(19)13-12-20(21)23)17-8-6-16(7-9-17)15-4-2-1-3-5-15/h1-5,16-20,22-23H,6-14H2. The zero-order chi connectivity index (χ0) is 15.9. The third-order valence-corrected chi connectivity index (χ3v) is 7.37. The average Bonchev–Trinajstić information content (AvgIpc) is 2.62. The molecule has 2 N–H and O–H groups in total. The smallest absolute Gasteiger partial charge is 0.0621 e. The molecule has 0 amide bonds. The van der Waals surface area contributed by atoms with Crippen LogP contribution in [0, 0.1) is 17.3 Å². The Morgan fingerprint density at radius 1 is 0.739 bits per heavy atom. The highest BCUT2D eigenvalue weighted by Crippen LogP contribution is 2.56. The molecule has 1 aromatic rings. The van der Waals surface area contributed by atoms with Crippen LogP contribution in [0.15, 0.2) is 30.3 Å². The van der Waals surface area contributed by atoms with Crippen LogP contribution in [0.2, 0.25) is 0 Å². The quantitative estimate of drug-likeness (QED) is 0.856. The molecule has 0 saturated heterocycles. The molecule has 23 heavy (non-hydrogen) atoms. The molecule has 4 atom stereocenters. The molecular weight excluding hydrogens is 284 g/mol. The van der Waals surface area contributed by atoms with Crippen LogP contribution in [0.25, 0.3) is 0 Å². The summed E-state index contributed by atoms with van der Waals surface area (Å²) in [5.41, 5.74) is 1.37. The van der Waals surface area contributed by atoms with Crippen molar-refractivity contribution in [2.75, 3.05) is 0 Å². The van der Waals surface area contributed by atoms with Gasteiger partial charge in [0.1, 0.15) is 0 Å². The van der Waals surface area contributed by atoms with Gasteiger partial charge in [-0.25, -0.2) is 0 Å². The molecule has 2 nitrogen and oxygen atoms in total. The van der Waals surface area contributed by atoms with Crippen LogP contribution in [-0.4, -0.2) is 22.4 Å². The van der Waals surface area contributed by atoms with Gasteiger partial charge >= 0.3 is 0 Å². The lowest BCUT2D eigenvalue weighted by Gasteiger charge is -2.55. The summed E-state index contributed by atoms with van der Waals surface area (Å²) in [4.78, 5) is 0. The Balaban J connectivity index is 1.37. The Hall–Kier alpha value is -0.860. The molecule has 0 aromatic heterocycles. The van der Waals surface area contributed by atoms with E-state index in [2.05, 4.69) is 30.3 Å². The highest BCUT2D eigenvalue weighted by atomic mass is 16.3. The Labute approximate surface area is 139 Å². The molecule has 3 aliphatic rings. The summed E-state index contributed by atoms with van der Waals surface area (Å²) < 4.78 is 0. The lowest BCUT2D eigenvalue weighted by molar-refractivity contribution is -0.172. The van der Waals surface area contributed by atoms with Crippen molar-refractivity contribution in [2.45, 2.75) is 75.9 Å². The van der Waals surface area contributed by atoms with E-state index in [0.29, 0.717) is 0 Å². The predicted octanol–water partition coefficient (Wildman–Crippen LogP) is 4.26. The van der Waals surface area contributed by atoms with Crippen molar-refractivity contribution >= 4 is 0 Å². The minimum Gasteiger partial charge on any atom is -0.392 e. The molecule has 126 valence electrons. The lowest BCUT2D eigenvalue weighted by Crippen LogP contribution is -2.56. The molecular formula is C21H30O2. The monoisotopic (exact) mass is 314 g/mol. The fourth-order valence-corrected chi connectivity index (χ4v) is 5.71. The van der Waals surface area contributed by atoms with Crippen LogP contribution in [0.5, 0.6) is 0 Å². The molecule has 1 spiro atoms. The van der Waals surface area contributed by atoms with Crippen molar-refractivity contribution in [3.05, 3.63) is 35.9 Å². The first kappa shape index (κ1) is 15.7. The minimum atomic E-state index is -0.261. The summed E-state index contributed by atoms with van der Waals surface area (Å²) in [5.74, 6) is 2.28. The molecule has 0 aliphatic heterocycles. The summed E-state index contributed by atoms with van der Waals surface area (Å²) in [6.07, 6.45) is 9.82. The summed E-state index contributed by atoms with van der Waals surface area (Å²) in [5, 5.41) is 20.6. The molecule has 4 rings (SSSR count). The van der Waals surface area contributed by atoms with Crippen LogP contribution < -0.4 is 0 Å². The van der Waals surface area contributed by atoms with Crippen LogP contribution in [0.3, 0.4) is 0 Å². The van der Waals surface area contributed by atoms with Crippen molar-refractivity contribution < 1.29 is 10.2 Å². The molecule has 3 aliphatic carbocycles. The number of aliphatic hydroxyl groups excluding tert-OH is 2. The highest BCUT2D eigenvalue weighted by Gasteiger charge is 2.54. The van der Waals surface area contributed by atoms with Crippen molar-refractivity contribution in [3.63, 3.8) is 0 Å². The minimum absolute atomic E-state index is 0.140. The van der Waals surface area contributed by atoms with Gasteiger partial charge in [-0.15, -0.1) is 0 Å². The van der Waals surface area contributed by atoms with Crippen molar-refractivity contribution in [2.24, 2.45) is 17.3 Å². The Bertz CT molecular complexity index is 520. The van der Waals surface area contributed by atoms with Crippen LogP contribution in [-0.2, 0) is 0 Å². The van der Waals surface area contributed by atoms with Gasteiger partial charge in [0.25, 0.3) is 0 Å². The molecule has 3 fully saturated rings. The second-order valence-corrected chi connectivity index (χ2v) is 8.37. The number of hydrogen-bond acceptors (Lipinski definition) is 2. The number of hydrogen-bond donors (Lipinski definition) is 2. The van der Waals surface area contributed by atoms with E-state index in [1.54, 1.807) is 0 Å². The van der Waals surface area contributed by atoms with Gasteiger partial charge in [-0.05, 0) is 81.1 Å². The third kappa shape index (κ3) is 2.74. The molecule has 0 heterocycles. The molecule has 0 bridgehead atoms. The largest absolute Gasteiger partial charge is 0.392 e. The van der Waals surface area contributed by atoms with E-state index in [1.807, 2.05) is 0 Å². The van der Waals surface area contributed by atoms with Gasteiger partial charge in [-0.2, -0.15) is 0 Å². The van der Waals surface area contributed by atoms with Crippen molar-refractivity contribution in [3.8, 4) is 0 Å². The summed E-state index contributed by atoms with van der Waals surface area (Å²) in [6, 6.07) is 11.0. The maximum atomic E-state index is 10.4. The van der Waals surface area contributed by atoms with Crippen LogP contribution >= 0.6 is 0 Å². The first-order valence-corrected chi connectivity index (χ1v) is 9.60. The molecule has 3 saturated carbocycles. The maximum Gasteiger partial charge on any atom is 0.0621 e. The highest BCUT2D eigenvalue weighted by molar-refractivity contribution is 5.20. The molecule has 4 unspecified atom stereocenters. The first-order valence-electron chi connectivity index (χ1n) is 9.60. The molecule has 1 aromatic carbocycles. The van der Waals surface area contributed by atoms with E-state index in [4.69, 9.17) is 0 Å². The fraction of sp³-hybridized carbons (Fsp3) is 0.714. The molecule has 2 heteroatoms. The van der Waals surface area contributed by atoms with E-state index in [0.717, 1.165) is 49.9 Å². The van der Waals surface area contributed by atoms with Gasteiger partial charge < -0.3 is 10.2 Å². The van der Waals surface area contributed by atoms with Gasteiger partial charge in [0.15, 0.2) is 0 Å². The fourth-order valence-electron chi connectivity index (χ4n) is 5.71. The van der Waals surface area contributed by atoms with E-state index in [-0.39, 0.29) is 17.6 Å². The van der Waals surface area contributed by atoms with E-state index in [1.165, 1.54) is 31.2 Å². The Morgan fingerprint density at radius 3 is 2.00 bits per heavy atom.